The summed E-state index contributed by atoms with van der Waals surface area (Å²) >= 11 is 6.12. The summed E-state index contributed by atoms with van der Waals surface area (Å²) in [6.45, 7) is 0.447. The lowest BCUT2D eigenvalue weighted by Crippen LogP contribution is -2.39. The van der Waals surface area contributed by atoms with Crippen LogP contribution in [-0.4, -0.2) is 30.9 Å². The highest BCUT2D eigenvalue weighted by atomic mass is 35.5. The molecule has 9 heteroatoms. The molecular weight excluding hydrogens is 360 g/mol. The predicted octanol–water partition coefficient (Wildman–Crippen LogP) is 1.58. The number of hydrogen-bond donors (Lipinski definition) is 4. The lowest BCUT2D eigenvalue weighted by Gasteiger charge is -2.19. The Morgan fingerprint density at radius 3 is 2.46 bits per heavy atom. The van der Waals surface area contributed by atoms with Crippen molar-refractivity contribution in [1.29, 1.82) is 0 Å². The van der Waals surface area contributed by atoms with Gasteiger partial charge in [0.2, 0.25) is 5.91 Å². The summed E-state index contributed by atoms with van der Waals surface area (Å²) in [5.41, 5.74) is 5.77. The first-order chi connectivity index (χ1) is 12.5. The quantitative estimate of drug-likeness (QED) is 0.520. The van der Waals surface area contributed by atoms with Crippen molar-refractivity contribution in [2.45, 2.75) is 12.5 Å². The maximum Gasteiger partial charge on any atom is 0.312 e. The molecule has 0 bridgehead atoms. The van der Waals surface area contributed by atoms with E-state index in [9.17, 15) is 14.4 Å². The van der Waals surface area contributed by atoms with Crippen LogP contribution in [0, 0.1) is 0 Å². The van der Waals surface area contributed by atoms with Crippen LogP contribution in [-0.2, 0) is 4.79 Å². The number of nitrogens with one attached hydrogen (secondary N) is 3. The molecule has 0 radical (unpaired) electrons. The number of primary amides is 1. The molecule has 0 saturated heterocycles. The molecule has 1 heterocycles. The third-order valence-electron chi connectivity index (χ3n) is 3.46. The molecule has 1 aromatic heterocycles. The van der Waals surface area contributed by atoms with Gasteiger partial charge in [0.1, 0.15) is 0 Å². The second-order valence-corrected chi connectivity index (χ2v) is 5.78. The van der Waals surface area contributed by atoms with Crippen LogP contribution in [0.4, 0.5) is 4.79 Å². The van der Waals surface area contributed by atoms with Crippen LogP contribution in [0.2, 0.25) is 5.02 Å². The molecule has 0 fully saturated rings. The van der Waals surface area contributed by atoms with Gasteiger partial charge in [0.25, 0.3) is 5.91 Å². The van der Waals surface area contributed by atoms with E-state index in [0.29, 0.717) is 10.6 Å². The first-order valence-corrected chi connectivity index (χ1v) is 8.24. The van der Waals surface area contributed by atoms with Crippen molar-refractivity contribution in [1.82, 2.24) is 16.0 Å². The van der Waals surface area contributed by atoms with Crippen molar-refractivity contribution in [3.63, 3.8) is 0 Å². The summed E-state index contributed by atoms with van der Waals surface area (Å²) in [5.74, 6) is -0.495. The fourth-order valence-electron chi connectivity index (χ4n) is 2.30. The Bertz CT molecular complexity index is 764. The molecule has 5 N–H and O–H groups in total. The summed E-state index contributed by atoms with van der Waals surface area (Å²) in [6.07, 6.45) is 1.36. The molecule has 4 amide bonds. The van der Waals surface area contributed by atoms with Gasteiger partial charge in [-0.05, 0) is 23.8 Å². The summed E-state index contributed by atoms with van der Waals surface area (Å²) in [5, 5.41) is 8.19. The van der Waals surface area contributed by atoms with Gasteiger partial charge in [-0.1, -0.05) is 29.8 Å². The number of rotatable bonds is 8. The van der Waals surface area contributed by atoms with Gasteiger partial charge in [0.15, 0.2) is 5.76 Å². The van der Waals surface area contributed by atoms with E-state index < -0.39 is 12.1 Å². The van der Waals surface area contributed by atoms with Crippen molar-refractivity contribution in [3.8, 4) is 0 Å². The van der Waals surface area contributed by atoms with E-state index in [1.54, 1.807) is 30.3 Å². The molecule has 2 aromatic rings. The predicted molar refractivity (Wildman–Crippen MR) is 95.6 cm³/mol. The normalized spacial score (nSPS) is 11.4. The molecule has 26 heavy (non-hydrogen) atoms. The molecule has 8 nitrogen and oxygen atoms in total. The van der Waals surface area contributed by atoms with Crippen molar-refractivity contribution < 1.29 is 18.8 Å². The van der Waals surface area contributed by atoms with Gasteiger partial charge in [0, 0.05) is 18.1 Å². The molecule has 0 aliphatic heterocycles. The van der Waals surface area contributed by atoms with Crippen molar-refractivity contribution in [2.24, 2.45) is 5.73 Å². The number of carbonyl (C=O) groups excluding carboxylic acids is 3. The number of nitrogens with two attached hydrogens (primary N) is 1. The van der Waals surface area contributed by atoms with Gasteiger partial charge in [-0.15, -0.1) is 0 Å². The molecule has 0 aliphatic carbocycles. The first-order valence-electron chi connectivity index (χ1n) is 7.86. The Morgan fingerprint density at radius 2 is 1.81 bits per heavy atom. The Balaban J connectivity index is 1.82. The van der Waals surface area contributed by atoms with Crippen LogP contribution in [0.5, 0.6) is 0 Å². The van der Waals surface area contributed by atoms with E-state index >= 15 is 0 Å². The maximum absolute atomic E-state index is 12.1. The smallest absolute Gasteiger partial charge is 0.312 e. The van der Waals surface area contributed by atoms with Crippen LogP contribution >= 0.6 is 11.6 Å². The van der Waals surface area contributed by atoms with E-state index in [0.717, 1.165) is 0 Å². The summed E-state index contributed by atoms with van der Waals surface area (Å²) in [4.78, 5) is 35.0. The third-order valence-corrected chi connectivity index (χ3v) is 3.81. The molecule has 1 atom stereocenters. The highest BCUT2D eigenvalue weighted by Crippen LogP contribution is 2.24. The molecule has 0 aliphatic rings. The van der Waals surface area contributed by atoms with Gasteiger partial charge in [-0.2, -0.15) is 0 Å². The Hall–Kier alpha value is -3.00. The summed E-state index contributed by atoms with van der Waals surface area (Å²) < 4.78 is 4.96. The maximum atomic E-state index is 12.1. The molecule has 1 aromatic carbocycles. The van der Waals surface area contributed by atoms with Crippen LogP contribution in [0.3, 0.4) is 0 Å². The minimum Gasteiger partial charge on any atom is -0.459 e. The lowest BCUT2D eigenvalue weighted by atomic mass is 10.0. The van der Waals surface area contributed by atoms with Gasteiger partial charge in [-0.3, -0.25) is 9.59 Å². The number of halogens is 1. The van der Waals surface area contributed by atoms with E-state index in [4.69, 9.17) is 21.8 Å². The van der Waals surface area contributed by atoms with Crippen molar-refractivity contribution >= 4 is 29.4 Å². The zero-order valence-electron chi connectivity index (χ0n) is 13.8. The number of hydrogen-bond acceptors (Lipinski definition) is 4. The second kappa shape index (κ2) is 9.47. The average molecular weight is 379 g/mol. The zero-order valence-corrected chi connectivity index (χ0v) is 14.6. The van der Waals surface area contributed by atoms with E-state index in [1.165, 1.54) is 12.3 Å². The topological polar surface area (TPSA) is 126 Å². The number of urea groups is 1. The summed E-state index contributed by atoms with van der Waals surface area (Å²) in [7, 11) is 0. The molecule has 0 unspecified atom stereocenters. The second-order valence-electron chi connectivity index (χ2n) is 5.37. The standard InChI is InChI=1S/C17H19ClN4O4/c18-12-5-2-1-4-11(12)13(22-17(19)25)10-15(23)20-7-8-21-16(24)14-6-3-9-26-14/h1-6,9,13H,7-8,10H2,(H,20,23)(H,21,24)(H3,19,22,25)/t13-/m1/s1. The SMILES string of the molecule is NC(=O)N[C@H](CC(=O)NCCNC(=O)c1ccco1)c1ccccc1Cl. The summed E-state index contributed by atoms with van der Waals surface area (Å²) in [6, 6.07) is 8.60. The molecule has 0 saturated carbocycles. The molecule has 138 valence electrons. The average Bonchev–Trinajstić information content (AvgIpc) is 3.13. The van der Waals surface area contributed by atoms with Crippen molar-refractivity contribution in [2.75, 3.05) is 13.1 Å². The molecule has 0 spiro atoms. The Labute approximate surface area is 155 Å². The van der Waals surface area contributed by atoms with E-state index in [-0.39, 0.29) is 37.1 Å². The largest absolute Gasteiger partial charge is 0.459 e. The third kappa shape index (κ3) is 5.82. The van der Waals surface area contributed by atoms with Crippen LogP contribution in [0.25, 0.3) is 0 Å². The Kier molecular flexibility index (Phi) is 7.04. The van der Waals surface area contributed by atoms with Gasteiger partial charge < -0.3 is 26.1 Å². The lowest BCUT2D eigenvalue weighted by molar-refractivity contribution is -0.121. The fraction of sp³-hybridized carbons (Fsp3) is 0.235. The highest BCUT2D eigenvalue weighted by molar-refractivity contribution is 6.31. The molecule has 2 rings (SSSR count). The number of carbonyl (C=O) groups is 3. The molecular formula is C17H19ClN4O4. The fourth-order valence-corrected chi connectivity index (χ4v) is 2.57. The highest BCUT2D eigenvalue weighted by Gasteiger charge is 2.19. The first kappa shape index (κ1) is 19.3. The van der Waals surface area contributed by atoms with E-state index in [2.05, 4.69) is 16.0 Å². The van der Waals surface area contributed by atoms with E-state index in [1.807, 2.05) is 0 Å². The zero-order chi connectivity index (χ0) is 18.9. The van der Waals surface area contributed by atoms with Crippen LogP contribution in [0.1, 0.15) is 28.6 Å². The Morgan fingerprint density at radius 1 is 1.08 bits per heavy atom. The van der Waals surface area contributed by atoms with Crippen molar-refractivity contribution in [3.05, 3.63) is 59.0 Å². The van der Waals surface area contributed by atoms with Crippen LogP contribution in [0.15, 0.2) is 47.1 Å². The van der Waals surface area contributed by atoms with Gasteiger partial charge in [-0.25, -0.2) is 4.79 Å². The number of amides is 4. The number of furan rings is 1. The minimum absolute atomic E-state index is 0.0429. The van der Waals surface area contributed by atoms with Gasteiger partial charge >= 0.3 is 6.03 Å². The minimum atomic E-state index is -0.756. The monoisotopic (exact) mass is 378 g/mol. The van der Waals surface area contributed by atoms with Crippen LogP contribution < -0.4 is 21.7 Å². The van der Waals surface area contributed by atoms with Gasteiger partial charge in [0.05, 0.1) is 18.7 Å². The number of benzene rings is 1.